The van der Waals surface area contributed by atoms with Crippen LogP contribution in [0.5, 0.6) is 0 Å². The number of carbonyl (C=O) groups excluding carboxylic acids is 1. The Labute approximate surface area is 141 Å². The van der Waals surface area contributed by atoms with Crippen LogP contribution in [0.3, 0.4) is 0 Å². The largest absolute Gasteiger partial charge is 0.479 e. The Hall–Kier alpha value is -2.84. The molecule has 0 spiro atoms. The lowest BCUT2D eigenvalue weighted by molar-refractivity contribution is -0.142. The van der Waals surface area contributed by atoms with E-state index >= 15 is 0 Å². The molecule has 2 rings (SSSR count). The third-order valence-electron chi connectivity index (χ3n) is 3.75. The maximum absolute atomic E-state index is 12.5. The summed E-state index contributed by atoms with van der Waals surface area (Å²) < 4.78 is 38.3. The lowest BCUT2D eigenvalue weighted by Crippen LogP contribution is -2.36. The highest BCUT2D eigenvalue weighted by Crippen LogP contribution is 2.27. The Kier molecular flexibility index (Phi) is 5.15. The zero-order chi connectivity index (χ0) is 18.8. The summed E-state index contributed by atoms with van der Waals surface area (Å²) in [7, 11) is 0. The Morgan fingerprint density at radius 3 is 2.52 bits per heavy atom. The molecule has 0 bridgehead atoms. The summed E-state index contributed by atoms with van der Waals surface area (Å²) in [6, 6.07) is 4.50. The van der Waals surface area contributed by atoms with Crippen molar-refractivity contribution in [2.45, 2.75) is 32.6 Å². The molecule has 1 aromatic heterocycles. The standard InChI is InChI=1S/C16H16F3N3O3/c1-9-4-3-5-11(10(9)2)14(15(24)25)20-13(23)8-22-7-6-12(21-22)16(17,18)19/h3-7,14H,8H2,1-2H3,(H,20,23)(H,24,25). The van der Waals surface area contributed by atoms with Crippen LogP contribution in [0.25, 0.3) is 0 Å². The summed E-state index contributed by atoms with van der Waals surface area (Å²) >= 11 is 0. The smallest absolute Gasteiger partial charge is 0.435 e. The number of aliphatic carboxylic acids is 1. The van der Waals surface area contributed by atoms with Crippen LogP contribution in [0.4, 0.5) is 13.2 Å². The Bertz CT molecular complexity index is 799. The molecule has 0 aliphatic rings. The van der Waals surface area contributed by atoms with Crippen molar-refractivity contribution in [2.75, 3.05) is 0 Å². The zero-order valence-corrected chi connectivity index (χ0v) is 13.5. The first-order chi connectivity index (χ1) is 11.6. The summed E-state index contributed by atoms with van der Waals surface area (Å²) in [5.74, 6) is -2.02. The fraction of sp³-hybridized carbons (Fsp3) is 0.312. The number of benzene rings is 1. The molecule has 1 aromatic carbocycles. The molecule has 0 fully saturated rings. The van der Waals surface area contributed by atoms with Gasteiger partial charge in [-0.15, -0.1) is 0 Å². The second-order valence-electron chi connectivity index (χ2n) is 5.52. The minimum Gasteiger partial charge on any atom is -0.479 e. The van der Waals surface area contributed by atoms with Gasteiger partial charge in [0.05, 0.1) is 0 Å². The van der Waals surface area contributed by atoms with E-state index in [-0.39, 0.29) is 0 Å². The van der Waals surface area contributed by atoms with E-state index in [0.29, 0.717) is 11.1 Å². The predicted molar refractivity (Wildman–Crippen MR) is 81.7 cm³/mol. The number of nitrogens with zero attached hydrogens (tertiary/aromatic N) is 2. The van der Waals surface area contributed by atoms with Gasteiger partial charge in [0.2, 0.25) is 5.91 Å². The number of aromatic nitrogens is 2. The van der Waals surface area contributed by atoms with Gasteiger partial charge in [-0.25, -0.2) is 4.79 Å². The van der Waals surface area contributed by atoms with Gasteiger partial charge in [-0.05, 0) is 36.6 Å². The molecular weight excluding hydrogens is 339 g/mol. The van der Waals surface area contributed by atoms with Crippen LogP contribution in [-0.2, 0) is 22.3 Å². The third kappa shape index (κ3) is 4.37. The van der Waals surface area contributed by atoms with Crippen LogP contribution in [-0.4, -0.2) is 26.8 Å². The van der Waals surface area contributed by atoms with Crippen molar-refractivity contribution in [1.29, 1.82) is 0 Å². The van der Waals surface area contributed by atoms with E-state index < -0.39 is 36.3 Å². The number of hydrogen-bond acceptors (Lipinski definition) is 3. The van der Waals surface area contributed by atoms with Crippen molar-refractivity contribution >= 4 is 11.9 Å². The van der Waals surface area contributed by atoms with Gasteiger partial charge in [0.1, 0.15) is 6.54 Å². The van der Waals surface area contributed by atoms with Crippen LogP contribution >= 0.6 is 0 Å². The van der Waals surface area contributed by atoms with Crippen LogP contribution < -0.4 is 5.32 Å². The molecular formula is C16H16F3N3O3. The predicted octanol–water partition coefficient (Wildman–Crippen LogP) is 2.46. The molecule has 0 aliphatic carbocycles. The number of nitrogens with one attached hydrogen (secondary N) is 1. The molecule has 2 N–H and O–H groups in total. The van der Waals surface area contributed by atoms with E-state index in [1.807, 2.05) is 13.0 Å². The highest BCUT2D eigenvalue weighted by Gasteiger charge is 2.33. The van der Waals surface area contributed by atoms with Crippen molar-refractivity contribution < 1.29 is 27.9 Å². The van der Waals surface area contributed by atoms with Crippen LogP contribution in [0.15, 0.2) is 30.5 Å². The summed E-state index contributed by atoms with van der Waals surface area (Å²) in [5.41, 5.74) is 0.871. The summed E-state index contributed by atoms with van der Waals surface area (Å²) in [4.78, 5) is 23.5. The van der Waals surface area contributed by atoms with Gasteiger partial charge in [0, 0.05) is 6.20 Å². The number of aryl methyl sites for hydroxylation is 1. The number of carbonyl (C=O) groups is 2. The SMILES string of the molecule is Cc1cccc(C(NC(=O)Cn2ccc(C(F)(F)F)n2)C(=O)O)c1C. The first kappa shape index (κ1) is 18.5. The van der Waals surface area contributed by atoms with Crippen molar-refractivity contribution in [3.8, 4) is 0 Å². The fourth-order valence-electron chi connectivity index (χ4n) is 2.31. The number of alkyl halides is 3. The van der Waals surface area contributed by atoms with Crippen molar-refractivity contribution in [3.63, 3.8) is 0 Å². The summed E-state index contributed by atoms with van der Waals surface area (Å²) in [6.07, 6.45) is -3.60. The number of amides is 1. The monoisotopic (exact) mass is 355 g/mol. The average Bonchev–Trinajstić information content (AvgIpc) is 2.96. The number of carboxylic acid groups (broad SMARTS) is 1. The van der Waals surface area contributed by atoms with Crippen LogP contribution in [0.1, 0.15) is 28.4 Å². The van der Waals surface area contributed by atoms with E-state index in [0.717, 1.165) is 22.5 Å². The average molecular weight is 355 g/mol. The molecule has 2 aromatic rings. The highest BCUT2D eigenvalue weighted by atomic mass is 19.4. The van der Waals surface area contributed by atoms with Crippen molar-refractivity contribution in [1.82, 2.24) is 15.1 Å². The number of halogens is 3. The van der Waals surface area contributed by atoms with Gasteiger partial charge >= 0.3 is 12.1 Å². The lowest BCUT2D eigenvalue weighted by Gasteiger charge is -2.18. The second-order valence-corrected chi connectivity index (χ2v) is 5.52. The summed E-state index contributed by atoms with van der Waals surface area (Å²) in [5, 5.41) is 15.0. The van der Waals surface area contributed by atoms with E-state index in [1.54, 1.807) is 19.1 Å². The molecule has 25 heavy (non-hydrogen) atoms. The van der Waals surface area contributed by atoms with E-state index in [2.05, 4.69) is 10.4 Å². The van der Waals surface area contributed by atoms with Gasteiger partial charge in [-0.2, -0.15) is 18.3 Å². The maximum Gasteiger partial charge on any atom is 0.435 e. The molecule has 0 radical (unpaired) electrons. The van der Waals surface area contributed by atoms with Crippen molar-refractivity contribution in [2.24, 2.45) is 0 Å². The van der Waals surface area contributed by atoms with Gasteiger partial charge in [0.25, 0.3) is 0 Å². The van der Waals surface area contributed by atoms with Crippen LogP contribution in [0, 0.1) is 13.8 Å². The topological polar surface area (TPSA) is 84.2 Å². The molecule has 1 heterocycles. The normalized spacial score (nSPS) is 12.7. The highest BCUT2D eigenvalue weighted by molar-refractivity contribution is 5.84. The molecule has 1 atom stereocenters. The number of hydrogen-bond donors (Lipinski definition) is 2. The quantitative estimate of drug-likeness (QED) is 0.863. The lowest BCUT2D eigenvalue weighted by atomic mass is 9.97. The maximum atomic E-state index is 12.5. The molecule has 0 aliphatic heterocycles. The molecule has 1 amide bonds. The van der Waals surface area contributed by atoms with Gasteiger partial charge in [0.15, 0.2) is 11.7 Å². The molecule has 0 saturated heterocycles. The molecule has 6 nitrogen and oxygen atoms in total. The first-order valence-electron chi connectivity index (χ1n) is 7.28. The van der Waals surface area contributed by atoms with Crippen LogP contribution in [0.2, 0.25) is 0 Å². The van der Waals surface area contributed by atoms with Gasteiger partial charge < -0.3 is 10.4 Å². The van der Waals surface area contributed by atoms with Gasteiger partial charge in [-0.1, -0.05) is 18.2 Å². The molecule has 9 heteroatoms. The first-order valence-corrected chi connectivity index (χ1v) is 7.28. The second kappa shape index (κ2) is 6.96. The third-order valence-corrected chi connectivity index (χ3v) is 3.75. The molecule has 134 valence electrons. The minimum atomic E-state index is -4.61. The van der Waals surface area contributed by atoms with E-state index in [4.69, 9.17) is 0 Å². The van der Waals surface area contributed by atoms with Crippen molar-refractivity contribution in [3.05, 3.63) is 52.8 Å². The molecule has 0 saturated carbocycles. The fourth-order valence-corrected chi connectivity index (χ4v) is 2.31. The minimum absolute atomic E-state index is 0.414. The Balaban J connectivity index is 2.15. The Morgan fingerprint density at radius 2 is 1.96 bits per heavy atom. The van der Waals surface area contributed by atoms with E-state index in [1.165, 1.54) is 0 Å². The number of carboxylic acids is 1. The number of rotatable bonds is 5. The zero-order valence-electron chi connectivity index (χ0n) is 13.5. The Morgan fingerprint density at radius 1 is 1.28 bits per heavy atom. The molecule has 1 unspecified atom stereocenters. The van der Waals surface area contributed by atoms with Gasteiger partial charge in [-0.3, -0.25) is 9.48 Å². The summed E-state index contributed by atoms with van der Waals surface area (Å²) in [6.45, 7) is 3.02. The van der Waals surface area contributed by atoms with E-state index in [9.17, 15) is 27.9 Å².